The highest BCUT2D eigenvalue weighted by molar-refractivity contribution is 6.41. The predicted molar refractivity (Wildman–Crippen MR) is 93.5 cm³/mol. The van der Waals surface area contributed by atoms with Crippen LogP contribution in [-0.2, 0) is 0 Å². The number of fused-ring (bicyclic) bond motifs is 1. The lowest BCUT2D eigenvalue weighted by Crippen LogP contribution is -2.04. The Morgan fingerprint density at radius 1 is 1.09 bits per heavy atom. The number of aromatic nitrogens is 2. The highest BCUT2D eigenvalue weighted by Gasteiger charge is 2.26. The number of H-pyrrole nitrogens is 1. The van der Waals surface area contributed by atoms with Crippen LogP contribution in [0.4, 0.5) is 0 Å². The number of rotatable bonds is 2. The highest BCUT2D eigenvalue weighted by Crippen LogP contribution is 2.38. The molecule has 1 aromatic heterocycles. The van der Waals surface area contributed by atoms with Gasteiger partial charge in [-0.15, -0.1) is 5.10 Å². The van der Waals surface area contributed by atoms with Crippen molar-refractivity contribution < 1.29 is 0 Å². The predicted octanol–water partition coefficient (Wildman–Crippen LogP) is 4.28. The number of benzene rings is 2. The largest absolute Gasteiger partial charge is 0.278 e. The van der Waals surface area contributed by atoms with Crippen molar-refractivity contribution in [1.29, 1.82) is 0 Å². The van der Waals surface area contributed by atoms with E-state index in [0.717, 1.165) is 44.6 Å². The van der Waals surface area contributed by atoms with Crippen molar-refractivity contribution in [3.05, 3.63) is 70.0 Å². The Labute approximate surface area is 138 Å². The van der Waals surface area contributed by atoms with Gasteiger partial charge in [-0.05, 0) is 25.5 Å². The second-order valence-corrected chi connectivity index (χ2v) is 5.97. The molecule has 0 unspecified atom stereocenters. The van der Waals surface area contributed by atoms with Crippen LogP contribution in [0.1, 0.15) is 23.6 Å². The highest BCUT2D eigenvalue weighted by atomic mass is 35.5. The second-order valence-electron chi connectivity index (χ2n) is 5.59. The summed E-state index contributed by atoms with van der Waals surface area (Å²) in [5, 5.41) is 13.3. The molecule has 1 N–H and O–H groups in total. The molecule has 4 rings (SSSR count). The van der Waals surface area contributed by atoms with Gasteiger partial charge in [0.15, 0.2) is 0 Å². The quantitative estimate of drug-likeness (QED) is 0.752. The molecule has 0 atom stereocenters. The van der Waals surface area contributed by atoms with Gasteiger partial charge < -0.3 is 0 Å². The normalized spacial score (nSPS) is 14.3. The Morgan fingerprint density at radius 3 is 2.65 bits per heavy atom. The minimum Gasteiger partial charge on any atom is -0.278 e. The summed E-state index contributed by atoms with van der Waals surface area (Å²) in [4.78, 5) is 0. The molecule has 4 nitrogen and oxygen atoms in total. The van der Waals surface area contributed by atoms with Gasteiger partial charge in [0.05, 0.1) is 22.4 Å². The van der Waals surface area contributed by atoms with Gasteiger partial charge in [-0.1, -0.05) is 41.9 Å². The Balaban J connectivity index is 2.00. The van der Waals surface area contributed by atoms with Crippen molar-refractivity contribution in [3.8, 4) is 0 Å². The monoisotopic (exact) mass is 321 g/mol. The molecule has 0 bridgehead atoms. The van der Waals surface area contributed by atoms with E-state index in [1.54, 1.807) is 6.20 Å². The van der Waals surface area contributed by atoms with Crippen LogP contribution in [-0.4, -0.2) is 15.9 Å². The molecule has 1 radical (unpaired) electrons. The molecule has 5 heteroatoms. The van der Waals surface area contributed by atoms with Gasteiger partial charge in [-0.25, -0.2) is 0 Å². The Morgan fingerprint density at radius 2 is 1.87 bits per heavy atom. The molecule has 0 saturated carbocycles. The van der Waals surface area contributed by atoms with Gasteiger partial charge in [0.1, 0.15) is 5.71 Å². The first kappa shape index (κ1) is 14.0. The van der Waals surface area contributed by atoms with E-state index in [1.165, 1.54) is 0 Å². The van der Waals surface area contributed by atoms with Crippen LogP contribution in [0.2, 0.25) is 5.02 Å². The van der Waals surface area contributed by atoms with Crippen LogP contribution in [0.5, 0.6) is 0 Å². The lowest BCUT2D eigenvalue weighted by atomic mass is 9.92. The summed E-state index contributed by atoms with van der Waals surface area (Å²) in [5.41, 5.74) is 10.9. The minimum absolute atomic E-state index is 0.717. The van der Waals surface area contributed by atoms with Crippen LogP contribution in [0.3, 0.4) is 0 Å². The summed E-state index contributed by atoms with van der Waals surface area (Å²) in [6.45, 7) is 3.95. The smallest absolute Gasteiger partial charge is 0.103 e. The first-order valence-electron chi connectivity index (χ1n) is 7.34. The van der Waals surface area contributed by atoms with Crippen LogP contribution < -0.4 is 5.43 Å². The molecular weight excluding hydrogens is 308 g/mol. The average Bonchev–Trinajstić information content (AvgIpc) is 3.16. The maximum atomic E-state index is 6.65. The van der Waals surface area contributed by atoms with Crippen molar-refractivity contribution in [2.24, 2.45) is 5.10 Å². The van der Waals surface area contributed by atoms with Gasteiger partial charge in [0.2, 0.25) is 0 Å². The second kappa shape index (κ2) is 5.25. The topological polar surface area (TPSA) is 55.1 Å². The summed E-state index contributed by atoms with van der Waals surface area (Å²) < 4.78 is 0. The molecule has 0 fully saturated rings. The SMILES string of the molecule is CC1=C(c2c(Cl)c(C)cc3[nH]ncc23)C(c2ccccc2)=N[N]1. The molecule has 0 spiro atoms. The zero-order valence-electron chi connectivity index (χ0n) is 12.8. The molecule has 1 aliphatic rings. The van der Waals surface area contributed by atoms with Gasteiger partial charge >= 0.3 is 0 Å². The third-order valence-electron chi connectivity index (χ3n) is 4.06. The molecule has 1 aliphatic heterocycles. The van der Waals surface area contributed by atoms with Crippen molar-refractivity contribution in [3.63, 3.8) is 0 Å². The van der Waals surface area contributed by atoms with E-state index in [1.807, 2.05) is 50.2 Å². The molecule has 3 aromatic rings. The molecular formula is C18H14ClN4. The van der Waals surface area contributed by atoms with E-state index in [0.29, 0.717) is 5.02 Å². The number of nitrogens with one attached hydrogen (secondary N) is 1. The molecule has 113 valence electrons. The van der Waals surface area contributed by atoms with Crippen molar-refractivity contribution in [2.45, 2.75) is 13.8 Å². The summed E-state index contributed by atoms with van der Waals surface area (Å²) in [6.07, 6.45) is 1.80. The summed E-state index contributed by atoms with van der Waals surface area (Å²) in [5.74, 6) is 0. The number of hydrogen-bond donors (Lipinski definition) is 1. The van der Waals surface area contributed by atoms with E-state index in [4.69, 9.17) is 11.6 Å². The maximum absolute atomic E-state index is 6.65. The number of hydrogen-bond acceptors (Lipinski definition) is 2. The first-order valence-corrected chi connectivity index (χ1v) is 7.72. The molecule has 2 aromatic carbocycles. The number of aryl methyl sites for hydroxylation is 1. The van der Waals surface area contributed by atoms with E-state index >= 15 is 0 Å². The maximum Gasteiger partial charge on any atom is 0.103 e. The number of aromatic amines is 1. The van der Waals surface area contributed by atoms with Gasteiger partial charge in [0, 0.05) is 22.1 Å². The van der Waals surface area contributed by atoms with Crippen LogP contribution >= 0.6 is 11.6 Å². The van der Waals surface area contributed by atoms with E-state index in [-0.39, 0.29) is 0 Å². The van der Waals surface area contributed by atoms with Crippen molar-refractivity contribution >= 4 is 33.8 Å². The van der Waals surface area contributed by atoms with Gasteiger partial charge in [0.25, 0.3) is 0 Å². The Bertz CT molecular complexity index is 967. The lowest BCUT2D eigenvalue weighted by Gasteiger charge is -2.13. The lowest BCUT2D eigenvalue weighted by molar-refractivity contribution is 0.896. The summed E-state index contributed by atoms with van der Waals surface area (Å²) in [7, 11) is 0. The molecule has 0 amide bonds. The van der Waals surface area contributed by atoms with E-state index in [2.05, 4.69) is 20.7 Å². The van der Waals surface area contributed by atoms with E-state index < -0.39 is 0 Å². The van der Waals surface area contributed by atoms with Crippen molar-refractivity contribution in [1.82, 2.24) is 15.6 Å². The fraction of sp³-hybridized carbons (Fsp3) is 0.111. The zero-order chi connectivity index (χ0) is 16.0. The summed E-state index contributed by atoms with van der Waals surface area (Å²) in [6, 6.07) is 12.0. The number of nitrogens with zero attached hydrogens (tertiary/aromatic N) is 3. The molecule has 0 saturated heterocycles. The summed E-state index contributed by atoms with van der Waals surface area (Å²) >= 11 is 6.65. The van der Waals surface area contributed by atoms with Crippen LogP contribution in [0.15, 0.2) is 53.4 Å². The minimum atomic E-state index is 0.717. The standard InChI is InChI=1S/C18H14ClN4/c1-10-8-14-13(9-20-22-14)16(17(10)19)15-11(2)21-23-18(15)12-6-4-3-5-7-12/h3-9H,1-2H3,(H,20,22). The Kier molecular flexibility index (Phi) is 3.20. The first-order chi connectivity index (χ1) is 11.2. The third kappa shape index (κ3) is 2.14. The molecule has 2 heterocycles. The number of allylic oxidation sites excluding steroid dienone is 2. The van der Waals surface area contributed by atoms with Gasteiger partial charge in [-0.2, -0.15) is 10.5 Å². The molecule has 0 aliphatic carbocycles. The van der Waals surface area contributed by atoms with E-state index in [9.17, 15) is 0 Å². The average molecular weight is 322 g/mol. The Hall–Kier alpha value is -2.59. The zero-order valence-corrected chi connectivity index (χ0v) is 13.5. The fourth-order valence-corrected chi connectivity index (χ4v) is 3.19. The van der Waals surface area contributed by atoms with Crippen LogP contribution in [0.25, 0.3) is 16.5 Å². The molecule has 23 heavy (non-hydrogen) atoms. The van der Waals surface area contributed by atoms with Gasteiger partial charge in [-0.3, -0.25) is 5.10 Å². The fourth-order valence-electron chi connectivity index (χ4n) is 2.94. The van der Waals surface area contributed by atoms with Crippen molar-refractivity contribution in [2.75, 3.05) is 0 Å². The van der Waals surface area contributed by atoms with Crippen LogP contribution in [0, 0.1) is 6.92 Å². The third-order valence-corrected chi connectivity index (χ3v) is 4.55. The number of halogens is 1.